The van der Waals surface area contributed by atoms with Gasteiger partial charge < -0.3 is 67.0 Å². The van der Waals surface area contributed by atoms with E-state index in [1.54, 1.807) is 21.6 Å². The van der Waals surface area contributed by atoms with E-state index in [0.717, 1.165) is 28.8 Å². The molecular weight excluding hydrogens is 1220 g/mol. The number of nitrogens with two attached hydrogens (primary N) is 1. The average Bonchev–Trinajstić information content (AvgIpc) is 1.72. The third-order valence-corrected chi connectivity index (χ3v) is 14.3. The largest absolute Gasteiger partial charge is 0.508 e. The lowest BCUT2D eigenvalue weighted by Gasteiger charge is -2.32. The molecule has 2 atom stereocenters. The van der Waals surface area contributed by atoms with E-state index >= 15 is 0 Å². The van der Waals surface area contributed by atoms with Crippen LogP contribution in [0.1, 0.15) is 94.2 Å². The number of carboxylic acids is 3. The lowest BCUT2D eigenvalue weighted by Crippen LogP contribution is -2.50. The minimum absolute atomic E-state index is 0.00162. The Labute approximate surface area is 542 Å². The summed E-state index contributed by atoms with van der Waals surface area (Å²) in [5.41, 5.74) is 9.12. The maximum absolute atomic E-state index is 14.7. The molecule has 6 amide bonds. The monoisotopic (exact) mass is 1310 g/mol. The Hall–Kier alpha value is -8.26. The molecule has 1 saturated heterocycles. The van der Waals surface area contributed by atoms with Crippen molar-refractivity contribution in [3.63, 3.8) is 0 Å². The molecule has 2 unspecified atom stereocenters. The number of hydrogen-bond donors (Lipinski definition) is 11. The first-order valence-electron chi connectivity index (χ1n) is 31.3. The van der Waals surface area contributed by atoms with Gasteiger partial charge in [0.25, 0.3) is 0 Å². The van der Waals surface area contributed by atoms with Crippen LogP contribution in [0, 0.1) is 11.6 Å². The van der Waals surface area contributed by atoms with Crippen molar-refractivity contribution in [1.29, 1.82) is 0 Å². The number of aliphatic imine (C=N–C) groups is 1. The summed E-state index contributed by atoms with van der Waals surface area (Å²) in [6.45, 7) is 15.2. The fourth-order valence-electron chi connectivity index (χ4n) is 9.72. The molecule has 3 aromatic carbocycles. The van der Waals surface area contributed by atoms with Gasteiger partial charge in [0, 0.05) is 129 Å². The number of nitrogens with zero attached hydrogens (tertiary/aromatic N) is 6. The van der Waals surface area contributed by atoms with Crippen LogP contribution in [-0.4, -0.2) is 242 Å². The molecule has 2 aliphatic heterocycles. The molecule has 518 valence electrons. The van der Waals surface area contributed by atoms with Gasteiger partial charge in [-0.1, -0.05) is 83.1 Å². The summed E-state index contributed by atoms with van der Waals surface area (Å²) in [6, 6.07) is 14.0. The molecule has 5 rings (SSSR count). The number of phenolic OH excluding ortho intramolecular Hbond substituents is 1. The Balaban J connectivity index is 0.00000476. The molecule has 3 aromatic rings. The molecule has 0 aromatic heterocycles. The van der Waals surface area contributed by atoms with Gasteiger partial charge in [-0.3, -0.25) is 68.4 Å². The maximum Gasteiger partial charge on any atom is 0.321 e. The number of benzene rings is 3. The zero-order valence-electron chi connectivity index (χ0n) is 54.2. The van der Waals surface area contributed by atoms with Gasteiger partial charge in [0.05, 0.1) is 46.0 Å². The maximum atomic E-state index is 14.7. The Bertz CT molecular complexity index is 2730. The van der Waals surface area contributed by atoms with Gasteiger partial charge in [-0.2, -0.15) is 0 Å². The van der Waals surface area contributed by atoms with Crippen molar-refractivity contribution in [1.82, 2.24) is 56.4 Å². The molecule has 0 aliphatic carbocycles. The number of halogens is 2. The Kier molecular flexibility index (Phi) is 40.6. The van der Waals surface area contributed by atoms with E-state index in [1.807, 2.05) is 92.8 Å². The van der Waals surface area contributed by atoms with E-state index in [2.05, 4.69) is 36.9 Å². The topological polar surface area (TPSA) is 380 Å². The van der Waals surface area contributed by atoms with E-state index in [0.29, 0.717) is 64.2 Å². The highest BCUT2D eigenvalue weighted by Crippen LogP contribution is 2.32. The number of phenols is 1. The zero-order valence-corrected chi connectivity index (χ0v) is 54.2. The number of aromatic hydroxyl groups is 1. The standard InChI is InChI=1S/C58H83F2N13O14.2C2H6.CH2O/c1-2-49(75)62-16-17-65-58(85)68-57(61)64-15-5-10-48(55(83)66-33-45-46(59)31-44(74)32-47(45)60)67-56(84)54(73-34-42-8-3-4-9-43(42)35-73)41-13-11-40(12-14-41)7-6-27-86-29-30-87-28-18-63-50(76)36-69-19-21-70(37-51(77)78)23-25-72(39-53(81)82)26-24-71(22-20-69)38-52(79)80;3*1-2/h3-4,8-9,11-14,31-32,48,54,74H,2,5-7,10,15-30,33-39H2,1H3,(H,62,75)(H,63,76)(H,66,83)(H,67,84)(H,77,78)(H,79,80)(H,81,82)(H4,61,64,65,68,85);2*1-2H3;1H2. The molecule has 2 aliphatic rings. The highest BCUT2D eigenvalue weighted by Gasteiger charge is 2.35. The first-order chi connectivity index (χ1) is 44.8. The van der Waals surface area contributed by atoms with Crippen LogP contribution in [0.15, 0.2) is 65.7 Å². The SMILES string of the molecule is C=O.CC.CC.CCC(=O)NCCNC(=O)NC(N)=NCCCC(NC(=O)C(c1ccc(CCCOCCOCCNC(=O)CN2CCN(CC(=O)O)CCN(CC(=O)O)CCN(CC(=O)O)CC2)cc1)N1Cc2ccccc2C1)C(=O)NCc1c(F)cc(O)cc1F. The Morgan fingerprint density at radius 3 is 1.61 bits per heavy atom. The number of amides is 6. The molecule has 0 spiro atoms. The number of carbonyl (C=O) groups is 9. The second-order valence-corrected chi connectivity index (χ2v) is 20.9. The highest BCUT2D eigenvalue weighted by atomic mass is 19.1. The lowest BCUT2D eigenvalue weighted by atomic mass is 10.00. The van der Waals surface area contributed by atoms with Crippen LogP contribution in [-0.2, 0) is 73.9 Å². The van der Waals surface area contributed by atoms with E-state index in [-0.39, 0.29) is 135 Å². The Morgan fingerprint density at radius 1 is 0.624 bits per heavy atom. The first-order valence-corrected chi connectivity index (χ1v) is 31.3. The smallest absolute Gasteiger partial charge is 0.321 e. The predicted octanol–water partition coefficient (Wildman–Crippen LogP) is 1.87. The molecule has 93 heavy (non-hydrogen) atoms. The van der Waals surface area contributed by atoms with Crippen molar-refractivity contribution in [2.24, 2.45) is 10.7 Å². The summed E-state index contributed by atoms with van der Waals surface area (Å²) in [5.74, 6) is -7.85. The Morgan fingerprint density at radius 2 is 1.11 bits per heavy atom. The van der Waals surface area contributed by atoms with Crippen LogP contribution in [0.2, 0.25) is 0 Å². The predicted molar refractivity (Wildman–Crippen MR) is 344 cm³/mol. The summed E-state index contributed by atoms with van der Waals surface area (Å²) in [5, 5.41) is 53.8. The number of nitrogens with one attached hydrogen (secondary N) is 6. The molecule has 28 nitrogen and oxygen atoms in total. The number of urea groups is 1. The van der Waals surface area contributed by atoms with Crippen LogP contribution < -0.4 is 37.6 Å². The lowest BCUT2D eigenvalue weighted by molar-refractivity contribution is -0.140. The number of guanidine groups is 1. The van der Waals surface area contributed by atoms with E-state index < -0.39 is 77.3 Å². The van der Waals surface area contributed by atoms with Crippen molar-refractivity contribution in [3.8, 4) is 5.75 Å². The number of fused-ring (bicyclic) bond motifs is 1. The third-order valence-electron chi connectivity index (χ3n) is 14.3. The average molecular weight is 1310 g/mol. The fourth-order valence-corrected chi connectivity index (χ4v) is 9.72. The zero-order chi connectivity index (χ0) is 69.1. The number of rotatable bonds is 33. The van der Waals surface area contributed by atoms with Crippen LogP contribution in [0.5, 0.6) is 5.75 Å². The molecule has 0 saturated carbocycles. The van der Waals surface area contributed by atoms with Crippen LogP contribution >= 0.6 is 0 Å². The summed E-state index contributed by atoms with van der Waals surface area (Å²) in [6.07, 6.45) is 1.77. The van der Waals surface area contributed by atoms with E-state index in [4.69, 9.17) is 20.0 Å². The van der Waals surface area contributed by atoms with Gasteiger partial charge in [0.2, 0.25) is 23.6 Å². The fraction of sp³-hybridized carbons (Fsp3) is 0.556. The molecule has 1 fully saturated rings. The van der Waals surface area contributed by atoms with Crippen LogP contribution in [0.3, 0.4) is 0 Å². The molecule has 0 bridgehead atoms. The third kappa shape index (κ3) is 32.7. The molecule has 2 heterocycles. The van der Waals surface area contributed by atoms with Gasteiger partial charge in [-0.25, -0.2) is 13.6 Å². The first kappa shape index (κ1) is 80.8. The van der Waals surface area contributed by atoms with Crippen molar-refractivity contribution < 1.29 is 81.8 Å². The normalized spacial score (nSPS) is 14.8. The van der Waals surface area contributed by atoms with Gasteiger partial charge in [0.15, 0.2) is 5.96 Å². The van der Waals surface area contributed by atoms with Gasteiger partial charge >= 0.3 is 23.9 Å². The summed E-state index contributed by atoms with van der Waals surface area (Å²) in [7, 11) is 0. The van der Waals surface area contributed by atoms with Crippen LogP contribution in [0.4, 0.5) is 13.6 Å². The molecule has 30 heteroatoms. The molecule has 12 N–H and O–H groups in total. The van der Waals surface area contributed by atoms with Gasteiger partial charge in [-0.15, -0.1) is 0 Å². The minimum atomic E-state index is -1.23. The number of hydrogen-bond acceptors (Lipinski definition) is 18. The number of carboxylic acid groups (broad SMARTS) is 3. The van der Waals surface area contributed by atoms with E-state index in [1.165, 1.54) is 0 Å². The quantitative estimate of drug-likeness (QED) is 0.0235. The number of aryl methyl sites for hydroxylation is 1. The van der Waals surface area contributed by atoms with Crippen LogP contribution in [0.25, 0.3) is 0 Å². The number of ether oxygens (including phenoxy) is 2. The molecule has 0 radical (unpaired) electrons. The number of aliphatic carboxylic acids is 3. The second-order valence-electron chi connectivity index (χ2n) is 20.9. The highest BCUT2D eigenvalue weighted by molar-refractivity contribution is 5.95. The summed E-state index contributed by atoms with van der Waals surface area (Å²) < 4.78 is 40.9. The summed E-state index contributed by atoms with van der Waals surface area (Å²) >= 11 is 0. The van der Waals surface area contributed by atoms with Gasteiger partial charge in [-0.05, 0) is 47.9 Å². The molecular formula is C63H97F2N13O15. The summed E-state index contributed by atoms with van der Waals surface area (Å²) in [4.78, 5) is 121. The van der Waals surface area contributed by atoms with Gasteiger partial charge in [0.1, 0.15) is 36.3 Å². The van der Waals surface area contributed by atoms with Crippen molar-refractivity contribution in [2.75, 3.05) is 131 Å². The second kappa shape index (κ2) is 46.7. The minimum Gasteiger partial charge on any atom is -0.508 e. The van der Waals surface area contributed by atoms with E-state index in [9.17, 15) is 67.6 Å². The van der Waals surface area contributed by atoms with Crippen molar-refractivity contribution in [3.05, 3.63) is 100 Å². The number of carbonyl (C=O) groups excluding carboxylic acids is 6. The van der Waals surface area contributed by atoms with Crippen molar-refractivity contribution in [2.45, 2.75) is 98.4 Å². The van der Waals surface area contributed by atoms with Crippen molar-refractivity contribution >= 4 is 60.3 Å².